The van der Waals surface area contributed by atoms with E-state index in [2.05, 4.69) is 13.0 Å². The molecule has 2 N–H and O–H groups in total. The predicted molar refractivity (Wildman–Crippen MR) is 97.2 cm³/mol. The fourth-order valence-electron chi connectivity index (χ4n) is 2.76. The lowest BCUT2D eigenvalue weighted by Gasteiger charge is -2.03. The largest absolute Gasteiger partial charge is 0.396 e. The van der Waals surface area contributed by atoms with Crippen LogP contribution in [0, 0.1) is 0 Å². The molecule has 0 amide bonds. The second kappa shape index (κ2) is 18.7. The highest BCUT2D eigenvalue weighted by Gasteiger charge is 1.96. The fourth-order valence-corrected chi connectivity index (χ4v) is 2.76. The van der Waals surface area contributed by atoms with Crippen LogP contribution < -0.4 is 0 Å². The van der Waals surface area contributed by atoms with Gasteiger partial charge in [-0.05, 0) is 19.3 Å². The molecule has 0 saturated carbocycles. The average Bonchev–Trinajstić information content (AvgIpc) is 2.51. The van der Waals surface area contributed by atoms with Gasteiger partial charge in [-0.15, -0.1) is 0 Å². The number of hydrogen-bond donors (Lipinski definition) is 2. The van der Waals surface area contributed by atoms with Gasteiger partial charge < -0.3 is 10.2 Å². The summed E-state index contributed by atoms with van der Waals surface area (Å²) in [5.41, 5.74) is 0. The summed E-state index contributed by atoms with van der Waals surface area (Å²) in [6.07, 6.45) is 22.9. The van der Waals surface area contributed by atoms with Crippen LogP contribution in [0.2, 0.25) is 0 Å². The molecule has 0 aromatic carbocycles. The van der Waals surface area contributed by atoms with E-state index in [-0.39, 0.29) is 6.61 Å². The maximum absolute atomic E-state index is 9.41. The normalized spacial score (nSPS) is 13.0. The molecule has 0 aliphatic rings. The quantitative estimate of drug-likeness (QED) is 0.264. The van der Waals surface area contributed by atoms with Gasteiger partial charge in [-0.2, -0.15) is 0 Å². The molecule has 0 aliphatic heterocycles. The number of rotatable bonds is 17. The maximum atomic E-state index is 9.41. The van der Waals surface area contributed by atoms with Crippen molar-refractivity contribution in [1.82, 2.24) is 0 Å². The molecule has 1 atom stereocenters. The average molecular weight is 313 g/mol. The summed E-state index contributed by atoms with van der Waals surface area (Å²) >= 11 is 0. The zero-order valence-corrected chi connectivity index (χ0v) is 14.9. The van der Waals surface area contributed by atoms with Gasteiger partial charge in [0.25, 0.3) is 0 Å². The van der Waals surface area contributed by atoms with E-state index in [0.717, 1.165) is 6.42 Å². The van der Waals surface area contributed by atoms with E-state index in [1.54, 1.807) is 0 Å². The number of aliphatic hydroxyl groups excluding tert-OH is 2. The van der Waals surface area contributed by atoms with Crippen molar-refractivity contribution in [3.8, 4) is 0 Å². The lowest BCUT2D eigenvalue weighted by molar-refractivity contribution is 0.170. The van der Waals surface area contributed by atoms with Crippen molar-refractivity contribution in [3.63, 3.8) is 0 Å². The Morgan fingerprint density at radius 1 is 0.727 bits per heavy atom. The molecule has 132 valence electrons. The molecule has 0 radical (unpaired) electrons. The molecule has 0 aliphatic carbocycles. The first-order chi connectivity index (χ1) is 10.8. The Kier molecular flexibility index (Phi) is 18.4. The van der Waals surface area contributed by atoms with Crippen molar-refractivity contribution in [2.45, 2.75) is 109 Å². The van der Waals surface area contributed by atoms with Gasteiger partial charge in [0.05, 0.1) is 6.10 Å². The SMILES string of the molecule is CCCCCCCCCCCCCCCC=CC(O)CCO. The molecule has 2 heteroatoms. The van der Waals surface area contributed by atoms with E-state index in [4.69, 9.17) is 5.11 Å². The van der Waals surface area contributed by atoms with Gasteiger partial charge in [0.1, 0.15) is 0 Å². The van der Waals surface area contributed by atoms with Gasteiger partial charge in [0.2, 0.25) is 0 Å². The molecular formula is C20H40O2. The summed E-state index contributed by atoms with van der Waals surface area (Å²) in [4.78, 5) is 0. The first kappa shape index (κ1) is 21.7. The number of unbranched alkanes of at least 4 members (excludes halogenated alkanes) is 13. The molecule has 0 aromatic heterocycles. The molecule has 0 aromatic rings. The third-order valence-electron chi connectivity index (χ3n) is 4.26. The lowest BCUT2D eigenvalue weighted by atomic mass is 10.0. The summed E-state index contributed by atoms with van der Waals surface area (Å²) in [6, 6.07) is 0. The summed E-state index contributed by atoms with van der Waals surface area (Å²) in [6.45, 7) is 2.33. The number of hydrogen-bond acceptors (Lipinski definition) is 2. The minimum Gasteiger partial charge on any atom is -0.396 e. The number of allylic oxidation sites excluding steroid dienone is 1. The van der Waals surface area contributed by atoms with Crippen molar-refractivity contribution in [2.75, 3.05) is 6.61 Å². The monoisotopic (exact) mass is 312 g/mol. The molecule has 2 nitrogen and oxygen atoms in total. The van der Waals surface area contributed by atoms with E-state index in [1.807, 2.05) is 6.08 Å². The third-order valence-corrected chi connectivity index (χ3v) is 4.26. The fraction of sp³-hybridized carbons (Fsp3) is 0.900. The minimum atomic E-state index is -0.466. The van der Waals surface area contributed by atoms with E-state index >= 15 is 0 Å². The Bertz CT molecular complexity index is 226. The molecule has 0 spiro atoms. The smallest absolute Gasteiger partial charge is 0.0742 e. The second-order valence-corrected chi connectivity index (χ2v) is 6.54. The van der Waals surface area contributed by atoms with Gasteiger partial charge in [0, 0.05) is 6.61 Å². The summed E-state index contributed by atoms with van der Waals surface area (Å²) in [5.74, 6) is 0. The second-order valence-electron chi connectivity index (χ2n) is 6.54. The molecule has 0 fully saturated rings. The van der Waals surface area contributed by atoms with Crippen LogP contribution in [0.25, 0.3) is 0 Å². The Morgan fingerprint density at radius 3 is 1.64 bits per heavy atom. The Labute approximate surface area is 139 Å². The standard InChI is InChI=1S/C20H40O2/c1-2-3-4-5-6-7-8-9-10-11-12-13-14-15-16-17-20(22)18-19-21/h16-17,20-22H,2-15,18-19H2,1H3. The third kappa shape index (κ3) is 17.7. The van der Waals surface area contributed by atoms with Crippen molar-refractivity contribution in [3.05, 3.63) is 12.2 Å². The molecule has 0 bridgehead atoms. The first-order valence-corrected chi connectivity index (χ1v) is 9.76. The van der Waals surface area contributed by atoms with Crippen LogP contribution in [0.3, 0.4) is 0 Å². The zero-order valence-electron chi connectivity index (χ0n) is 14.9. The molecular weight excluding hydrogens is 272 g/mol. The van der Waals surface area contributed by atoms with Crippen molar-refractivity contribution in [2.24, 2.45) is 0 Å². The van der Waals surface area contributed by atoms with Crippen molar-refractivity contribution < 1.29 is 10.2 Å². The van der Waals surface area contributed by atoms with Crippen LogP contribution in [0.4, 0.5) is 0 Å². The molecule has 22 heavy (non-hydrogen) atoms. The van der Waals surface area contributed by atoms with Crippen LogP contribution in [-0.2, 0) is 0 Å². The predicted octanol–water partition coefficient (Wildman–Crippen LogP) is 5.77. The van der Waals surface area contributed by atoms with Crippen LogP contribution in [-0.4, -0.2) is 22.9 Å². The lowest BCUT2D eigenvalue weighted by Crippen LogP contribution is -2.03. The van der Waals surface area contributed by atoms with Gasteiger partial charge in [-0.1, -0.05) is 96.1 Å². The summed E-state index contributed by atoms with van der Waals surface area (Å²) in [5, 5.41) is 18.1. The highest BCUT2D eigenvalue weighted by molar-refractivity contribution is 4.88. The Balaban J connectivity index is 3.08. The van der Waals surface area contributed by atoms with Crippen LogP contribution in [0.15, 0.2) is 12.2 Å². The van der Waals surface area contributed by atoms with Crippen LogP contribution in [0.1, 0.15) is 103 Å². The highest BCUT2D eigenvalue weighted by atomic mass is 16.3. The van der Waals surface area contributed by atoms with Gasteiger partial charge >= 0.3 is 0 Å². The molecule has 1 unspecified atom stereocenters. The van der Waals surface area contributed by atoms with E-state index in [1.165, 1.54) is 83.5 Å². The highest BCUT2D eigenvalue weighted by Crippen LogP contribution is 2.13. The summed E-state index contributed by atoms with van der Waals surface area (Å²) < 4.78 is 0. The number of aliphatic hydroxyl groups is 2. The minimum absolute atomic E-state index is 0.0598. The molecule has 0 heterocycles. The maximum Gasteiger partial charge on any atom is 0.0742 e. The van der Waals surface area contributed by atoms with E-state index < -0.39 is 6.10 Å². The van der Waals surface area contributed by atoms with Gasteiger partial charge in [-0.3, -0.25) is 0 Å². The van der Waals surface area contributed by atoms with Crippen LogP contribution in [0.5, 0.6) is 0 Å². The van der Waals surface area contributed by atoms with E-state index in [0.29, 0.717) is 6.42 Å². The van der Waals surface area contributed by atoms with Gasteiger partial charge in [0.15, 0.2) is 0 Å². The first-order valence-electron chi connectivity index (χ1n) is 9.76. The Hall–Kier alpha value is -0.340. The van der Waals surface area contributed by atoms with Crippen molar-refractivity contribution in [1.29, 1.82) is 0 Å². The summed E-state index contributed by atoms with van der Waals surface area (Å²) in [7, 11) is 0. The molecule has 0 saturated heterocycles. The van der Waals surface area contributed by atoms with Crippen LogP contribution >= 0.6 is 0 Å². The topological polar surface area (TPSA) is 40.5 Å². The van der Waals surface area contributed by atoms with Gasteiger partial charge in [-0.25, -0.2) is 0 Å². The Morgan fingerprint density at radius 2 is 1.18 bits per heavy atom. The van der Waals surface area contributed by atoms with Crippen molar-refractivity contribution >= 4 is 0 Å². The zero-order chi connectivity index (χ0) is 16.3. The van der Waals surface area contributed by atoms with E-state index in [9.17, 15) is 5.11 Å². The molecule has 0 rings (SSSR count).